The number of nitrogens with zero attached hydrogens (tertiary/aromatic N) is 4. The summed E-state index contributed by atoms with van der Waals surface area (Å²) in [6, 6.07) is 4.40. The van der Waals surface area contributed by atoms with Crippen LogP contribution in [0.25, 0.3) is 0 Å². The quantitative estimate of drug-likeness (QED) is 0.628. The molecule has 0 aliphatic carbocycles. The molecule has 1 aliphatic heterocycles. The van der Waals surface area contributed by atoms with Crippen molar-refractivity contribution in [3.63, 3.8) is 0 Å². The smallest absolute Gasteiger partial charge is 0.305 e. The molecule has 0 radical (unpaired) electrons. The molecule has 0 atom stereocenters. The first-order valence-electron chi connectivity index (χ1n) is 5.53. The van der Waals surface area contributed by atoms with Crippen molar-refractivity contribution in [2.75, 3.05) is 18.0 Å². The summed E-state index contributed by atoms with van der Waals surface area (Å²) >= 11 is 0. The van der Waals surface area contributed by atoms with Crippen LogP contribution in [0.15, 0.2) is 12.1 Å². The van der Waals surface area contributed by atoms with Gasteiger partial charge in [0.2, 0.25) is 5.69 Å². The molecule has 2 rings (SSSR count). The molecule has 0 aromatic carbocycles. The molecule has 1 aromatic rings. The van der Waals surface area contributed by atoms with E-state index < -0.39 is 10.9 Å². The zero-order chi connectivity index (χ0) is 14.0. The standard InChI is InChI=1S/C11H10N4O4/c12-4-8-9(15(18)19)1-2-10(13-8)14-5-7(6-14)3-11(16)17/h1-2,7H,3,5-6H2,(H,16,17). The van der Waals surface area contributed by atoms with Crippen molar-refractivity contribution in [1.29, 1.82) is 5.26 Å². The maximum absolute atomic E-state index is 10.7. The molecular formula is C11H10N4O4. The molecular weight excluding hydrogens is 252 g/mol. The Labute approximate surface area is 108 Å². The molecule has 2 heterocycles. The van der Waals surface area contributed by atoms with Gasteiger partial charge in [0, 0.05) is 25.1 Å². The van der Waals surface area contributed by atoms with Crippen LogP contribution in [0.2, 0.25) is 0 Å². The normalized spacial score (nSPS) is 14.6. The van der Waals surface area contributed by atoms with Crippen LogP contribution in [-0.4, -0.2) is 34.1 Å². The summed E-state index contributed by atoms with van der Waals surface area (Å²) < 4.78 is 0. The van der Waals surface area contributed by atoms with E-state index in [-0.39, 0.29) is 23.7 Å². The molecule has 1 fully saturated rings. The average Bonchev–Trinajstić information content (AvgIpc) is 2.32. The molecule has 0 bridgehead atoms. The van der Waals surface area contributed by atoms with Gasteiger partial charge in [0.1, 0.15) is 11.9 Å². The van der Waals surface area contributed by atoms with E-state index in [4.69, 9.17) is 10.4 Å². The molecule has 1 aliphatic rings. The van der Waals surface area contributed by atoms with Crippen LogP contribution in [0.1, 0.15) is 12.1 Å². The predicted octanol–water partition coefficient (Wildman–Crippen LogP) is 0.772. The highest BCUT2D eigenvalue weighted by molar-refractivity contribution is 5.67. The molecule has 0 saturated carbocycles. The lowest BCUT2D eigenvalue weighted by Gasteiger charge is -2.39. The second kappa shape index (κ2) is 4.89. The number of hydrogen-bond donors (Lipinski definition) is 1. The van der Waals surface area contributed by atoms with Crippen molar-refractivity contribution < 1.29 is 14.8 Å². The predicted molar refractivity (Wildman–Crippen MR) is 63.6 cm³/mol. The van der Waals surface area contributed by atoms with Gasteiger partial charge in [-0.05, 0) is 6.07 Å². The van der Waals surface area contributed by atoms with Gasteiger partial charge in [-0.1, -0.05) is 0 Å². The number of nitriles is 1. The van der Waals surface area contributed by atoms with E-state index in [1.54, 1.807) is 11.0 Å². The fourth-order valence-electron chi connectivity index (χ4n) is 1.98. The van der Waals surface area contributed by atoms with Crippen molar-refractivity contribution >= 4 is 17.5 Å². The molecule has 19 heavy (non-hydrogen) atoms. The zero-order valence-corrected chi connectivity index (χ0v) is 9.81. The lowest BCUT2D eigenvalue weighted by molar-refractivity contribution is -0.385. The van der Waals surface area contributed by atoms with Gasteiger partial charge in [0.05, 0.1) is 11.3 Å². The molecule has 98 valence electrons. The van der Waals surface area contributed by atoms with Crippen molar-refractivity contribution in [3.8, 4) is 6.07 Å². The third-order valence-electron chi connectivity index (χ3n) is 2.91. The Bertz CT molecular complexity index is 575. The Morgan fingerprint density at radius 1 is 1.63 bits per heavy atom. The number of carbonyl (C=O) groups is 1. The van der Waals surface area contributed by atoms with E-state index in [0.717, 1.165) is 0 Å². The summed E-state index contributed by atoms with van der Waals surface area (Å²) in [6.07, 6.45) is 0.0919. The third kappa shape index (κ3) is 2.60. The van der Waals surface area contributed by atoms with Gasteiger partial charge < -0.3 is 10.0 Å². The molecule has 0 spiro atoms. The minimum atomic E-state index is -0.848. The number of nitro groups is 1. The second-order valence-corrected chi connectivity index (χ2v) is 4.27. The Balaban J connectivity index is 2.10. The summed E-state index contributed by atoms with van der Waals surface area (Å²) in [7, 11) is 0. The fraction of sp³-hybridized carbons (Fsp3) is 0.364. The summed E-state index contributed by atoms with van der Waals surface area (Å²) in [5.74, 6) is -0.331. The Hall–Kier alpha value is -2.69. The van der Waals surface area contributed by atoms with Crippen molar-refractivity contribution in [2.24, 2.45) is 5.92 Å². The van der Waals surface area contributed by atoms with E-state index in [2.05, 4.69) is 4.98 Å². The SMILES string of the molecule is N#Cc1nc(N2CC(CC(=O)O)C2)ccc1[N+](=O)[O-]. The Kier molecular flexibility index (Phi) is 3.29. The van der Waals surface area contributed by atoms with Crippen LogP contribution in [0.5, 0.6) is 0 Å². The molecule has 1 saturated heterocycles. The average molecular weight is 262 g/mol. The summed E-state index contributed by atoms with van der Waals surface area (Å²) in [6.45, 7) is 1.06. The molecule has 1 N–H and O–H groups in total. The lowest BCUT2D eigenvalue weighted by atomic mass is 9.96. The van der Waals surface area contributed by atoms with Crippen LogP contribution in [0.3, 0.4) is 0 Å². The first kappa shape index (κ1) is 12.8. The number of carboxylic acids is 1. The summed E-state index contributed by atoms with van der Waals surface area (Å²) in [5.41, 5.74) is -0.557. The first-order valence-corrected chi connectivity index (χ1v) is 5.53. The maximum atomic E-state index is 10.7. The Morgan fingerprint density at radius 3 is 2.84 bits per heavy atom. The van der Waals surface area contributed by atoms with E-state index in [1.807, 2.05) is 0 Å². The van der Waals surface area contributed by atoms with Gasteiger partial charge in [0.25, 0.3) is 0 Å². The molecule has 0 amide bonds. The minimum absolute atomic E-state index is 0.0556. The highest BCUT2D eigenvalue weighted by Crippen LogP contribution is 2.27. The number of rotatable bonds is 4. The number of aliphatic carboxylic acids is 1. The monoisotopic (exact) mass is 262 g/mol. The van der Waals surface area contributed by atoms with Gasteiger partial charge in [0.15, 0.2) is 0 Å². The molecule has 8 nitrogen and oxygen atoms in total. The highest BCUT2D eigenvalue weighted by Gasteiger charge is 2.30. The largest absolute Gasteiger partial charge is 0.481 e. The topological polar surface area (TPSA) is 120 Å². The van der Waals surface area contributed by atoms with E-state index >= 15 is 0 Å². The minimum Gasteiger partial charge on any atom is -0.481 e. The second-order valence-electron chi connectivity index (χ2n) is 4.27. The summed E-state index contributed by atoms with van der Waals surface area (Å²) in [5, 5.41) is 28.1. The molecule has 8 heteroatoms. The van der Waals surface area contributed by atoms with Gasteiger partial charge in [-0.25, -0.2) is 4.98 Å². The lowest BCUT2D eigenvalue weighted by Crippen LogP contribution is -2.48. The summed E-state index contributed by atoms with van der Waals surface area (Å²) in [4.78, 5) is 26.2. The van der Waals surface area contributed by atoms with E-state index in [9.17, 15) is 14.9 Å². The number of carboxylic acid groups (broad SMARTS) is 1. The third-order valence-corrected chi connectivity index (χ3v) is 2.91. The fourth-order valence-corrected chi connectivity index (χ4v) is 1.98. The van der Waals surface area contributed by atoms with Crippen LogP contribution in [-0.2, 0) is 4.79 Å². The van der Waals surface area contributed by atoms with Gasteiger partial charge in [-0.3, -0.25) is 14.9 Å². The Morgan fingerprint density at radius 2 is 2.32 bits per heavy atom. The maximum Gasteiger partial charge on any atom is 0.305 e. The van der Waals surface area contributed by atoms with Gasteiger partial charge in [-0.15, -0.1) is 0 Å². The highest BCUT2D eigenvalue weighted by atomic mass is 16.6. The van der Waals surface area contributed by atoms with Crippen LogP contribution in [0, 0.1) is 27.4 Å². The van der Waals surface area contributed by atoms with Crippen LogP contribution in [0.4, 0.5) is 11.5 Å². The number of pyridine rings is 1. The number of hydrogen-bond acceptors (Lipinski definition) is 6. The van der Waals surface area contributed by atoms with Gasteiger partial charge in [-0.2, -0.15) is 5.26 Å². The number of aromatic nitrogens is 1. The van der Waals surface area contributed by atoms with Gasteiger partial charge >= 0.3 is 11.7 Å². The first-order chi connectivity index (χ1) is 9.01. The van der Waals surface area contributed by atoms with Crippen molar-refractivity contribution in [2.45, 2.75) is 6.42 Å². The number of anilines is 1. The molecule has 0 unspecified atom stereocenters. The molecule has 1 aromatic heterocycles. The van der Waals surface area contributed by atoms with E-state index in [0.29, 0.717) is 18.9 Å². The van der Waals surface area contributed by atoms with E-state index in [1.165, 1.54) is 12.1 Å². The van der Waals surface area contributed by atoms with Crippen LogP contribution < -0.4 is 4.90 Å². The zero-order valence-electron chi connectivity index (χ0n) is 9.81. The van der Waals surface area contributed by atoms with Crippen LogP contribution >= 0.6 is 0 Å². The van der Waals surface area contributed by atoms with Crippen molar-refractivity contribution in [1.82, 2.24) is 4.98 Å². The van der Waals surface area contributed by atoms with Crippen molar-refractivity contribution in [3.05, 3.63) is 27.9 Å².